The molecule has 3 aromatic rings. The third kappa shape index (κ3) is 4.20. The van der Waals surface area contributed by atoms with Crippen LogP contribution >= 0.6 is 11.8 Å². The number of nitrogens with two attached hydrogens (primary N) is 1. The highest BCUT2D eigenvalue weighted by molar-refractivity contribution is 7.99. The van der Waals surface area contributed by atoms with E-state index in [-0.39, 0.29) is 17.3 Å². The van der Waals surface area contributed by atoms with E-state index in [0.717, 1.165) is 21.2 Å². The fourth-order valence-electron chi connectivity index (χ4n) is 2.53. The fourth-order valence-corrected chi connectivity index (χ4v) is 3.52. The standard InChI is InChI=1S/C20H20N4O2S/c1-13-22-12-16(19(21)23-13)20(25)24(2)17-6-4-5-7-18(17)27-15-10-8-14(26-3)9-11-15/h4-12H,1-3H3,(H2,21,22,23). The largest absolute Gasteiger partial charge is 0.497 e. The minimum Gasteiger partial charge on any atom is -0.497 e. The Morgan fingerprint density at radius 2 is 1.85 bits per heavy atom. The number of benzene rings is 2. The van der Waals surface area contributed by atoms with Crippen molar-refractivity contribution in [1.29, 1.82) is 0 Å². The molecule has 1 aromatic heterocycles. The molecule has 0 saturated carbocycles. The molecule has 1 amide bonds. The first-order chi connectivity index (χ1) is 13.0. The highest BCUT2D eigenvalue weighted by Gasteiger charge is 2.20. The maximum absolute atomic E-state index is 12.9. The minimum absolute atomic E-state index is 0.180. The predicted octanol–water partition coefficient (Wildman–Crippen LogP) is 3.80. The Balaban J connectivity index is 1.88. The number of amides is 1. The van der Waals surface area contributed by atoms with Crippen molar-refractivity contribution in [1.82, 2.24) is 9.97 Å². The Morgan fingerprint density at radius 3 is 2.52 bits per heavy atom. The third-order valence-corrected chi connectivity index (χ3v) is 5.06. The monoisotopic (exact) mass is 380 g/mol. The molecule has 0 aliphatic heterocycles. The lowest BCUT2D eigenvalue weighted by atomic mass is 10.2. The van der Waals surface area contributed by atoms with Gasteiger partial charge in [0, 0.05) is 23.0 Å². The van der Waals surface area contributed by atoms with Crippen molar-refractivity contribution in [2.45, 2.75) is 16.7 Å². The number of nitrogens with zero attached hydrogens (tertiary/aromatic N) is 3. The average Bonchev–Trinajstić information content (AvgIpc) is 2.68. The van der Waals surface area contributed by atoms with E-state index < -0.39 is 0 Å². The van der Waals surface area contributed by atoms with Crippen molar-refractivity contribution in [3.8, 4) is 5.75 Å². The van der Waals surface area contributed by atoms with E-state index >= 15 is 0 Å². The molecule has 2 aromatic carbocycles. The van der Waals surface area contributed by atoms with Crippen LogP contribution in [0.1, 0.15) is 16.2 Å². The summed E-state index contributed by atoms with van der Waals surface area (Å²) >= 11 is 1.57. The van der Waals surface area contributed by atoms with E-state index in [2.05, 4.69) is 9.97 Å². The summed E-state index contributed by atoms with van der Waals surface area (Å²) in [6.07, 6.45) is 1.47. The van der Waals surface area contributed by atoms with Crippen LogP contribution in [0.5, 0.6) is 5.75 Å². The number of hydrogen-bond donors (Lipinski definition) is 1. The Morgan fingerprint density at radius 1 is 1.15 bits per heavy atom. The molecule has 138 valence electrons. The first kappa shape index (κ1) is 18.7. The zero-order valence-corrected chi connectivity index (χ0v) is 16.2. The van der Waals surface area contributed by atoms with Gasteiger partial charge in [-0.25, -0.2) is 9.97 Å². The highest BCUT2D eigenvalue weighted by Crippen LogP contribution is 2.36. The molecule has 0 fully saturated rings. The summed E-state index contributed by atoms with van der Waals surface area (Å²) in [5.74, 6) is 1.26. The number of carbonyl (C=O) groups is 1. The van der Waals surface area contributed by atoms with Crippen molar-refractivity contribution in [2.75, 3.05) is 24.8 Å². The molecule has 0 aliphatic carbocycles. The van der Waals surface area contributed by atoms with Crippen molar-refractivity contribution in [3.05, 3.63) is 66.1 Å². The molecule has 0 atom stereocenters. The van der Waals surface area contributed by atoms with Crippen molar-refractivity contribution < 1.29 is 9.53 Å². The molecule has 0 spiro atoms. The predicted molar refractivity (Wildman–Crippen MR) is 107 cm³/mol. The maximum atomic E-state index is 12.9. The molecule has 0 aliphatic rings. The van der Waals surface area contributed by atoms with Gasteiger partial charge in [0.1, 0.15) is 23.0 Å². The molecule has 3 rings (SSSR count). The molecule has 0 bridgehead atoms. The van der Waals surface area contributed by atoms with Gasteiger partial charge in [0.25, 0.3) is 5.91 Å². The zero-order valence-electron chi connectivity index (χ0n) is 15.3. The van der Waals surface area contributed by atoms with Gasteiger partial charge in [-0.3, -0.25) is 4.79 Å². The van der Waals surface area contributed by atoms with Crippen LogP contribution in [0.4, 0.5) is 11.5 Å². The Kier molecular flexibility index (Phi) is 5.61. The molecular weight excluding hydrogens is 360 g/mol. The topological polar surface area (TPSA) is 81.3 Å². The molecule has 0 saturated heterocycles. The van der Waals surface area contributed by atoms with E-state index in [1.54, 1.807) is 37.7 Å². The van der Waals surface area contributed by atoms with Gasteiger partial charge in [-0.2, -0.15) is 0 Å². The lowest BCUT2D eigenvalue weighted by Gasteiger charge is -2.21. The second kappa shape index (κ2) is 8.09. The number of hydrogen-bond acceptors (Lipinski definition) is 6. The number of para-hydroxylation sites is 1. The van der Waals surface area contributed by atoms with E-state index in [4.69, 9.17) is 10.5 Å². The van der Waals surface area contributed by atoms with Crippen LogP contribution in [0.15, 0.2) is 64.5 Å². The Bertz CT molecular complexity index is 960. The summed E-state index contributed by atoms with van der Waals surface area (Å²) in [4.78, 5) is 24.6. The molecule has 6 nitrogen and oxygen atoms in total. The minimum atomic E-state index is -0.254. The number of methoxy groups -OCH3 is 1. The first-order valence-electron chi connectivity index (χ1n) is 8.27. The third-order valence-electron chi connectivity index (χ3n) is 3.99. The van der Waals surface area contributed by atoms with E-state index in [1.807, 2.05) is 48.5 Å². The van der Waals surface area contributed by atoms with Gasteiger partial charge in [0.05, 0.1) is 12.8 Å². The smallest absolute Gasteiger partial charge is 0.263 e. The van der Waals surface area contributed by atoms with E-state index in [9.17, 15) is 4.79 Å². The van der Waals surface area contributed by atoms with Gasteiger partial charge in [0.2, 0.25) is 0 Å². The molecule has 2 N–H and O–H groups in total. The lowest BCUT2D eigenvalue weighted by Crippen LogP contribution is -2.28. The highest BCUT2D eigenvalue weighted by atomic mass is 32.2. The van der Waals surface area contributed by atoms with Gasteiger partial charge < -0.3 is 15.4 Å². The van der Waals surface area contributed by atoms with Crippen LogP contribution < -0.4 is 15.4 Å². The lowest BCUT2D eigenvalue weighted by molar-refractivity contribution is 0.0993. The molecule has 0 unspecified atom stereocenters. The summed E-state index contributed by atoms with van der Waals surface area (Å²) < 4.78 is 5.20. The summed E-state index contributed by atoms with van der Waals surface area (Å²) in [6.45, 7) is 1.73. The molecular formula is C20H20N4O2S. The van der Waals surface area contributed by atoms with Gasteiger partial charge in [-0.05, 0) is 43.3 Å². The van der Waals surface area contributed by atoms with Crippen molar-refractivity contribution in [2.24, 2.45) is 0 Å². The van der Waals surface area contributed by atoms with Crippen LogP contribution in [-0.4, -0.2) is 30.0 Å². The summed E-state index contributed by atoms with van der Waals surface area (Å²) in [6, 6.07) is 15.5. The van der Waals surface area contributed by atoms with E-state index in [0.29, 0.717) is 5.82 Å². The zero-order chi connectivity index (χ0) is 19.4. The van der Waals surface area contributed by atoms with Crippen LogP contribution in [-0.2, 0) is 0 Å². The maximum Gasteiger partial charge on any atom is 0.263 e. The van der Waals surface area contributed by atoms with Gasteiger partial charge in [-0.1, -0.05) is 23.9 Å². The van der Waals surface area contributed by atoms with Crippen molar-refractivity contribution >= 4 is 29.2 Å². The molecule has 0 radical (unpaired) electrons. The second-order valence-corrected chi connectivity index (χ2v) is 6.94. The molecule has 7 heteroatoms. The number of aryl methyl sites for hydroxylation is 1. The number of carbonyl (C=O) groups excluding carboxylic acids is 1. The normalized spacial score (nSPS) is 10.5. The summed E-state index contributed by atoms with van der Waals surface area (Å²) in [5.41, 5.74) is 6.98. The second-order valence-electron chi connectivity index (χ2n) is 5.83. The molecule has 1 heterocycles. The number of anilines is 2. The summed E-state index contributed by atoms with van der Waals surface area (Å²) in [5, 5.41) is 0. The Hall–Kier alpha value is -3.06. The Labute approximate surface area is 162 Å². The number of aromatic nitrogens is 2. The van der Waals surface area contributed by atoms with Gasteiger partial charge >= 0.3 is 0 Å². The van der Waals surface area contributed by atoms with Gasteiger partial charge in [-0.15, -0.1) is 0 Å². The fraction of sp³-hybridized carbons (Fsp3) is 0.150. The van der Waals surface area contributed by atoms with Crippen molar-refractivity contribution in [3.63, 3.8) is 0 Å². The molecule has 27 heavy (non-hydrogen) atoms. The van der Waals surface area contributed by atoms with Crippen LogP contribution in [0, 0.1) is 6.92 Å². The first-order valence-corrected chi connectivity index (χ1v) is 9.09. The SMILES string of the molecule is COc1ccc(Sc2ccccc2N(C)C(=O)c2cnc(C)nc2N)cc1. The quantitative estimate of drug-likeness (QED) is 0.725. The van der Waals surface area contributed by atoms with Crippen LogP contribution in [0.2, 0.25) is 0 Å². The summed E-state index contributed by atoms with van der Waals surface area (Å²) in [7, 11) is 3.35. The van der Waals surface area contributed by atoms with E-state index in [1.165, 1.54) is 6.20 Å². The average molecular weight is 380 g/mol. The number of rotatable bonds is 5. The number of ether oxygens (including phenoxy) is 1. The van der Waals surface area contributed by atoms with Crippen LogP contribution in [0.3, 0.4) is 0 Å². The van der Waals surface area contributed by atoms with Gasteiger partial charge in [0.15, 0.2) is 0 Å². The number of nitrogen functional groups attached to an aromatic ring is 1. The van der Waals surface area contributed by atoms with Crippen LogP contribution in [0.25, 0.3) is 0 Å².